The van der Waals surface area contributed by atoms with Gasteiger partial charge in [0.2, 0.25) is 5.91 Å². The molecule has 0 saturated heterocycles. The van der Waals surface area contributed by atoms with Crippen molar-refractivity contribution in [3.8, 4) is 5.75 Å². The molecule has 0 aliphatic heterocycles. The van der Waals surface area contributed by atoms with Gasteiger partial charge in [-0.2, -0.15) is 0 Å². The molecule has 1 rings (SSSR count). The van der Waals surface area contributed by atoms with Gasteiger partial charge in [-0.25, -0.2) is 4.39 Å². The summed E-state index contributed by atoms with van der Waals surface area (Å²) >= 11 is 0. The zero-order valence-electron chi connectivity index (χ0n) is 12.7. The SMILES string of the molecule is CCN(Cc1ccc(OC)c(F)c1)C(=O)COCCOC. The molecule has 6 heteroatoms. The second kappa shape index (κ2) is 9.31. The van der Waals surface area contributed by atoms with E-state index in [1.165, 1.54) is 13.2 Å². The summed E-state index contributed by atoms with van der Waals surface area (Å²) in [7, 11) is 2.99. The van der Waals surface area contributed by atoms with E-state index in [2.05, 4.69) is 0 Å². The second-order valence-electron chi connectivity index (χ2n) is 4.42. The van der Waals surface area contributed by atoms with Crippen LogP contribution in [0.15, 0.2) is 18.2 Å². The van der Waals surface area contributed by atoms with Crippen LogP contribution in [-0.4, -0.2) is 51.4 Å². The number of likely N-dealkylation sites (N-methyl/N-ethyl adjacent to an activating group) is 1. The van der Waals surface area contributed by atoms with E-state index in [0.29, 0.717) is 31.9 Å². The predicted octanol–water partition coefficient (Wildman–Crippen LogP) is 1.85. The average Bonchev–Trinajstić information content (AvgIpc) is 2.49. The summed E-state index contributed by atoms with van der Waals surface area (Å²) in [6.45, 7) is 3.55. The zero-order chi connectivity index (χ0) is 15.7. The van der Waals surface area contributed by atoms with Crippen LogP contribution in [0.5, 0.6) is 5.75 Å². The van der Waals surface area contributed by atoms with Crippen LogP contribution in [0.25, 0.3) is 0 Å². The van der Waals surface area contributed by atoms with Crippen LogP contribution in [0.1, 0.15) is 12.5 Å². The molecule has 21 heavy (non-hydrogen) atoms. The quantitative estimate of drug-likeness (QED) is 0.653. The van der Waals surface area contributed by atoms with Gasteiger partial charge in [-0.1, -0.05) is 6.07 Å². The molecule has 0 aliphatic carbocycles. The number of benzene rings is 1. The number of hydrogen-bond acceptors (Lipinski definition) is 4. The number of methoxy groups -OCH3 is 2. The third-order valence-electron chi connectivity index (χ3n) is 2.98. The number of rotatable bonds is 9. The molecule has 118 valence electrons. The lowest BCUT2D eigenvalue weighted by molar-refractivity contribution is -0.137. The second-order valence-corrected chi connectivity index (χ2v) is 4.42. The monoisotopic (exact) mass is 299 g/mol. The molecule has 1 aromatic rings. The molecule has 0 aliphatic rings. The molecule has 5 nitrogen and oxygen atoms in total. The Balaban J connectivity index is 2.56. The number of hydrogen-bond donors (Lipinski definition) is 0. The minimum atomic E-state index is -0.435. The fraction of sp³-hybridized carbons (Fsp3) is 0.533. The summed E-state index contributed by atoms with van der Waals surface area (Å²) in [4.78, 5) is 13.6. The van der Waals surface area contributed by atoms with Gasteiger partial charge in [-0.15, -0.1) is 0 Å². The molecule has 0 bridgehead atoms. The summed E-state index contributed by atoms with van der Waals surface area (Å²) in [5.41, 5.74) is 0.709. The summed E-state index contributed by atoms with van der Waals surface area (Å²) in [6.07, 6.45) is 0. The van der Waals surface area contributed by atoms with Gasteiger partial charge >= 0.3 is 0 Å². The number of amides is 1. The molecule has 0 saturated carbocycles. The Morgan fingerprint density at radius 2 is 2.05 bits per heavy atom. The Kier molecular flexibility index (Phi) is 7.71. The van der Waals surface area contributed by atoms with Gasteiger partial charge in [-0.05, 0) is 24.6 Å². The van der Waals surface area contributed by atoms with Gasteiger partial charge in [0.15, 0.2) is 11.6 Å². The number of halogens is 1. The number of carbonyl (C=O) groups is 1. The average molecular weight is 299 g/mol. The van der Waals surface area contributed by atoms with Crippen molar-refractivity contribution in [2.45, 2.75) is 13.5 Å². The van der Waals surface area contributed by atoms with Crippen molar-refractivity contribution < 1.29 is 23.4 Å². The van der Waals surface area contributed by atoms with E-state index in [-0.39, 0.29) is 18.3 Å². The van der Waals surface area contributed by atoms with E-state index in [1.54, 1.807) is 24.1 Å². The molecule has 0 spiro atoms. The minimum absolute atomic E-state index is 0.00413. The van der Waals surface area contributed by atoms with E-state index >= 15 is 0 Å². The minimum Gasteiger partial charge on any atom is -0.494 e. The Labute approximate surface area is 124 Å². The standard InChI is InChI=1S/C15H22FNO4/c1-4-17(15(18)11-21-8-7-19-2)10-12-5-6-14(20-3)13(16)9-12/h5-6,9H,4,7-8,10-11H2,1-3H3. The van der Waals surface area contributed by atoms with Crippen LogP contribution in [-0.2, 0) is 20.8 Å². The molecule has 0 radical (unpaired) electrons. The van der Waals surface area contributed by atoms with Crippen LogP contribution in [0.3, 0.4) is 0 Å². The molecule has 1 aromatic carbocycles. The van der Waals surface area contributed by atoms with Crippen molar-refractivity contribution in [1.82, 2.24) is 4.90 Å². The van der Waals surface area contributed by atoms with Crippen LogP contribution in [0, 0.1) is 5.82 Å². The van der Waals surface area contributed by atoms with Gasteiger partial charge in [0, 0.05) is 20.2 Å². The third kappa shape index (κ3) is 5.69. The Morgan fingerprint density at radius 1 is 1.29 bits per heavy atom. The van der Waals surface area contributed by atoms with E-state index in [1.807, 2.05) is 6.92 Å². The first kappa shape index (κ1) is 17.4. The van der Waals surface area contributed by atoms with Crippen LogP contribution >= 0.6 is 0 Å². The largest absolute Gasteiger partial charge is 0.494 e. The Morgan fingerprint density at radius 3 is 2.62 bits per heavy atom. The number of ether oxygens (including phenoxy) is 3. The Hall–Kier alpha value is -1.66. The lowest BCUT2D eigenvalue weighted by Crippen LogP contribution is -2.33. The normalized spacial score (nSPS) is 10.5. The summed E-state index contributed by atoms with van der Waals surface area (Å²) < 4.78 is 28.5. The summed E-state index contributed by atoms with van der Waals surface area (Å²) in [5.74, 6) is -0.379. The van der Waals surface area contributed by atoms with Crippen LogP contribution < -0.4 is 4.74 Å². The lowest BCUT2D eigenvalue weighted by atomic mass is 10.2. The highest BCUT2D eigenvalue weighted by Crippen LogP contribution is 2.18. The maximum atomic E-state index is 13.6. The molecule has 0 aromatic heterocycles. The summed E-state index contributed by atoms with van der Waals surface area (Å²) in [6, 6.07) is 4.67. The number of carbonyl (C=O) groups excluding carboxylic acids is 1. The first-order valence-corrected chi connectivity index (χ1v) is 6.79. The fourth-order valence-electron chi connectivity index (χ4n) is 1.80. The molecule has 0 fully saturated rings. The van der Waals surface area contributed by atoms with Crippen molar-refractivity contribution in [1.29, 1.82) is 0 Å². The Bertz CT molecular complexity index is 453. The number of nitrogens with zero attached hydrogens (tertiary/aromatic N) is 1. The highest BCUT2D eigenvalue weighted by atomic mass is 19.1. The third-order valence-corrected chi connectivity index (χ3v) is 2.98. The van der Waals surface area contributed by atoms with Crippen molar-refractivity contribution in [2.24, 2.45) is 0 Å². The lowest BCUT2D eigenvalue weighted by Gasteiger charge is -2.21. The fourth-order valence-corrected chi connectivity index (χ4v) is 1.80. The summed E-state index contributed by atoms with van der Waals surface area (Å²) in [5, 5.41) is 0. The van der Waals surface area contributed by atoms with Gasteiger partial charge in [-0.3, -0.25) is 4.79 Å². The van der Waals surface area contributed by atoms with E-state index in [0.717, 1.165) is 0 Å². The first-order valence-electron chi connectivity index (χ1n) is 6.79. The van der Waals surface area contributed by atoms with Crippen molar-refractivity contribution in [3.63, 3.8) is 0 Å². The molecule has 0 N–H and O–H groups in total. The van der Waals surface area contributed by atoms with Crippen LogP contribution in [0.2, 0.25) is 0 Å². The highest BCUT2D eigenvalue weighted by molar-refractivity contribution is 5.77. The zero-order valence-corrected chi connectivity index (χ0v) is 12.7. The van der Waals surface area contributed by atoms with Crippen LogP contribution in [0.4, 0.5) is 4.39 Å². The van der Waals surface area contributed by atoms with Gasteiger partial charge in [0.25, 0.3) is 0 Å². The molecular weight excluding hydrogens is 277 g/mol. The van der Waals surface area contributed by atoms with E-state index in [9.17, 15) is 9.18 Å². The van der Waals surface area contributed by atoms with Crippen molar-refractivity contribution >= 4 is 5.91 Å². The maximum Gasteiger partial charge on any atom is 0.248 e. The highest BCUT2D eigenvalue weighted by Gasteiger charge is 2.13. The van der Waals surface area contributed by atoms with E-state index < -0.39 is 5.82 Å². The van der Waals surface area contributed by atoms with Crippen molar-refractivity contribution in [3.05, 3.63) is 29.6 Å². The smallest absolute Gasteiger partial charge is 0.248 e. The van der Waals surface area contributed by atoms with Gasteiger partial charge in [0.05, 0.1) is 20.3 Å². The van der Waals surface area contributed by atoms with Crippen molar-refractivity contribution in [2.75, 3.05) is 40.6 Å². The van der Waals surface area contributed by atoms with Gasteiger partial charge < -0.3 is 19.1 Å². The molecule has 1 amide bonds. The molecule has 0 atom stereocenters. The first-order chi connectivity index (χ1) is 10.1. The topological polar surface area (TPSA) is 48.0 Å². The molecule has 0 unspecified atom stereocenters. The maximum absolute atomic E-state index is 13.6. The van der Waals surface area contributed by atoms with Gasteiger partial charge in [0.1, 0.15) is 6.61 Å². The molecular formula is C15H22FNO4. The predicted molar refractivity (Wildman–Crippen MR) is 76.7 cm³/mol. The van der Waals surface area contributed by atoms with E-state index in [4.69, 9.17) is 14.2 Å². The molecule has 0 heterocycles.